The van der Waals surface area contributed by atoms with Crippen molar-refractivity contribution < 1.29 is 4.52 Å². The molecule has 9 nitrogen and oxygen atoms in total. The third kappa shape index (κ3) is 2.39. The van der Waals surface area contributed by atoms with Gasteiger partial charge in [0.1, 0.15) is 6.33 Å². The van der Waals surface area contributed by atoms with E-state index in [2.05, 4.69) is 35.1 Å². The first-order chi connectivity index (χ1) is 10.8. The zero-order chi connectivity index (χ0) is 14.9. The van der Waals surface area contributed by atoms with E-state index in [1.807, 2.05) is 17.5 Å². The van der Waals surface area contributed by atoms with Crippen molar-refractivity contribution in [1.82, 2.24) is 34.6 Å². The summed E-state index contributed by atoms with van der Waals surface area (Å²) in [6.07, 6.45) is 5.32. The molecular weight excluding hydrogens is 284 g/mol. The summed E-state index contributed by atoms with van der Waals surface area (Å²) in [6.45, 7) is 6.11. The lowest BCUT2D eigenvalue weighted by Crippen LogP contribution is -2.46. The van der Waals surface area contributed by atoms with E-state index in [1.54, 1.807) is 12.5 Å². The van der Waals surface area contributed by atoms with E-state index < -0.39 is 0 Å². The molecule has 1 aliphatic rings. The minimum absolute atomic E-state index is 0.670. The Morgan fingerprint density at radius 1 is 1.23 bits per heavy atom. The van der Waals surface area contributed by atoms with Crippen LogP contribution < -0.4 is 4.90 Å². The Kier molecular flexibility index (Phi) is 3.19. The fraction of sp³-hybridized carbons (Fsp3) is 0.462. The number of aromatic nitrogens is 6. The smallest absolute Gasteiger partial charge is 0.240 e. The molecule has 0 aliphatic carbocycles. The lowest BCUT2D eigenvalue weighted by atomic mass is 10.3. The zero-order valence-electron chi connectivity index (χ0n) is 12.3. The lowest BCUT2D eigenvalue weighted by molar-refractivity contribution is 0.215. The van der Waals surface area contributed by atoms with Gasteiger partial charge in [0.2, 0.25) is 11.5 Å². The van der Waals surface area contributed by atoms with Gasteiger partial charge in [-0.15, -0.1) is 10.2 Å². The average Bonchev–Trinajstić information content (AvgIpc) is 3.16. The van der Waals surface area contributed by atoms with Crippen molar-refractivity contribution in [2.24, 2.45) is 0 Å². The quantitative estimate of drug-likeness (QED) is 0.675. The van der Waals surface area contributed by atoms with E-state index >= 15 is 0 Å². The number of piperazine rings is 1. The van der Waals surface area contributed by atoms with Crippen LogP contribution in [0.25, 0.3) is 5.65 Å². The molecule has 0 N–H and O–H groups in total. The van der Waals surface area contributed by atoms with Gasteiger partial charge in [-0.25, -0.2) is 4.98 Å². The molecule has 0 atom stereocenters. The molecule has 4 rings (SSSR count). The van der Waals surface area contributed by atoms with E-state index in [-0.39, 0.29) is 0 Å². The molecule has 0 amide bonds. The summed E-state index contributed by atoms with van der Waals surface area (Å²) in [4.78, 5) is 13.2. The first-order valence-electron chi connectivity index (χ1n) is 7.20. The summed E-state index contributed by atoms with van der Waals surface area (Å²) in [5.74, 6) is 2.23. The first-order valence-corrected chi connectivity index (χ1v) is 7.20. The lowest BCUT2D eigenvalue weighted by Gasteiger charge is -2.34. The number of aryl methyl sites for hydroxylation is 1. The second-order valence-corrected chi connectivity index (χ2v) is 5.31. The first kappa shape index (κ1) is 13.1. The fourth-order valence-electron chi connectivity index (χ4n) is 2.68. The van der Waals surface area contributed by atoms with Gasteiger partial charge in [0.25, 0.3) is 0 Å². The van der Waals surface area contributed by atoms with Gasteiger partial charge >= 0.3 is 0 Å². The van der Waals surface area contributed by atoms with Crippen LogP contribution >= 0.6 is 0 Å². The van der Waals surface area contributed by atoms with E-state index in [9.17, 15) is 0 Å². The van der Waals surface area contributed by atoms with Gasteiger partial charge in [-0.3, -0.25) is 9.30 Å². The van der Waals surface area contributed by atoms with Gasteiger partial charge in [-0.05, 0) is 6.92 Å². The number of fused-ring (bicyclic) bond motifs is 1. The number of nitrogens with zero attached hydrogens (tertiary/aromatic N) is 8. The van der Waals surface area contributed by atoms with Crippen LogP contribution in [0.1, 0.15) is 11.7 Å². The monoisotopic (exact) mass is 300 g/mol. The molecule has 0 spiro atoms. The highest BCUT2D eigenvalue weighted by Gasteiger charge is 2.22. The van der Waals surface area contributed by atoms with Crippen LogP contribution in [0.5, 0.6) is 0 Å². The van der Waals surface area contributed by atoms with Crippen LogP contribution in [0.3, 0.4) is 0 Å². The van der Waals surface area contributed by atoms with Gasteiger partial charge in [-0.2, -0.15) is 4.98 Å². The fourth-order valence-corrected chi connectivity index (χ4v) is 2.68. The van der Waals surface area contributed by atoms with Gasteiger partial charge in [-0.1, -0.05) is 5.16 Å². The Balaban J connectivity index is 1.44. The molecule has 0 unspecified atom stereocenters. The molecule has 1 fully saturated rings. The molecule has 1 aliphatic heterocycles. The number of hydrogen-bond donors (Lipinski definition) is 0. The minimum atomic E-state index is 0.670. The topological polar surface area (TPSA) is 88.5 Å². The highest BCUT2D eigenvalue weighted by molar-refractivity contribution is 5.63. The number of hydrogen-bond acceptors (Lipinski definition) is 8. The molecule has 4 heterocycles. The van der Waals surface area contributed by atoms with Gasteiger partial charge in [0.15, 0.2) is 11.6 Å². The summed E-state index contributed by atoms with van der Waals surface area (Å²) >= 11 is 0. The molecule has 0 bridgehead atoms. The van der Waals surface area contributed by atoms with Crippen molar-refractivity contribution in [1.29, 1.82) is 0 Å². The average molecular weight is 300 g/mol. The molecule has 9 heteroatoms. The van der Waals surface area contributed by atoms with Crippen LogP contribution in [0.4, 0.5) is 5.82 Å². The van der Waals surface area contributed by atoms with Crippen molar-refractivity contribution in [3.63, 3.8) is 0 Å². The number of rotatable bonds is 3. The minimum Gasteiger partial charge on any atom is -0.351 e. The van der Waals surface area contributed by atoms with Crippen LogP contribution in [-0.2, 0) is 6.54 Å². The van der Waals surface area contributed by atoms with Crippen LogP contribution in [0, 0.1) is 6.92 Å². The summed E-state index contributed by atoms with van der Waals surface area (Å²) in [7, 11) is 0. The highest BCUT2D eigenvalue weighted by atomic mass is 16.5. The summed E-state index contributed by atoms with van der Waals surface area (Å²) in [5, 5.41) is 11.9. The summed E-state index contributed by atoms with van der Waals surface area (Å²) < 4.78 is 7.06. The van der Waals surface area contributed by atoms with Crippen molar-refractivity contribution in [3.8, 4) is 0 Å². The summed E-state index contributed by atoms with van der Waals surface area (Å²) in [6, 6.07) is 0. The van der Waals surface area contributed by atoms with Gasteiger partial charge in [0, 0.05) is 38.6 Å². The van der Waals surface area contributed by atoms with Crippen molar-refractivity contribution in [3.05, 3.63) is 30.4 Å². The predicted octanol–water partition coefficient (Wildman–Crippen LogP) is 0.138. The Morgan fingerprint density at radius 3 is 2.86 bits per heavy atom. The maximum atomic E-state index is 5.18. The van der Waals surface area contributed by atoms with Crippen molar-refractivity contribution in [2.45, 2.75) is 13.5 Å². The Morgan fingerprint density at radius 2 is 2.09 bits per heavy atom. The standard InChI is InChI=1S/C13H16N8O/c1-10-16-11(22-18-10)8-19-4-6-20(7-5-19)12-13-17-15-9-21(13)3-2-14-12/h2-3,9H,4-8H2,1H3. The van der Waals surface area contributed by atoms with E-state index in [0.717, 1.165) is 37.6 Å². The predicted molar refractivity (Wildman–Crippen MR) is 77.3 cm³/mol. The molecular formula is C13H16N8O. The molecule has 1 saturated heterocycles. The van der Waals surface area contributed by atoms with E-state index in [0.29, 0.717) is 18.3 Å². The Hall–Kier alpha value is -2.55. The Labute approximate surface area is 126 Å². The van der Waals surface area contributed by atoms with Gasteiger partial charge in [0.05, 0.1) is 6.54 Å². The van der Waals surface area contributed by atoms with Gasteiger partial charge < -0.3 is 9.42 Å². The second kappa shape index (κ2) is 5.34. The maximum Gasteiger partial charge on any atom is 0.240 e. The summed E-state index contributed by atoms with van der Waals surface area (Å²) in [5.41, 5.74) is 0.795. The molecule has 114 valence electrons. The molecule has 3 aromatic heterocycles. The normalized spacial score (nSPS) is 16.5. The Bertz CT molecular complexity index is 773. The van der Waals surface area contributed by atoms with Crippen LogP contribution in [0.2, 0.25) is 0 Å². The van der Waals surface area contributed by atoms with E-state index in [4.69, 9.17) is 4.52 Å². The number of anilines is 1. The SMILES string of the molecule is Cc1noc(CN2CCN(c3nccn4cnnc34)CC2)n1. The van der Waals surface area contributed by atoms with E-state index in [1.165, 1.54) is 0 Å². The maximum absolute atomic E-state index is 5.18. The second-order valence-electron chi connectivity index (χ2n) is 5.31. The van der Waals surface area contributed by atoms with Crippen molar-refractivity contribution >= 4 is 11.5 Å². The molecule has 0 saturated carbocycles. The largest absolute Gasteiger partial charge is 0.351 e. The van der Waals surface area contributed by atoms with Crippen molar-refractivity contribution in [2.75, 3.05) is 31.1 Å². The molecule has 3 aromatic rings. The highest BCUT2D eigenvalue weighted by Crippen LogP contribution is 2.18. The zero-order valence-corrected chi connectivity index (χ0v) is 12.3. The third-order valence-corrected chi connectivity index (χ3v) is 3.80. The van der Waals surface area contributed by atoms with Crippen LogP contribution in [-0.4, -0.2) is 60.8 Å². The molecule has 0 radical (unpaired) electrons. The third-order valence-electron chi connectivity index (χ3n) is 3.80. The van der Waals surface area contributed by atoms with Crippen LogP contribution in [0.15, 0.2) is 23.2 Å². The molecule has 0 aromatic carbocycles. The molecule has 22 heavy (non-hydrogen) atoms.